The molecule has 0 aliphatic rings. The lowest BCUT2D eigenvalue weighted by Crippen LogP contribution is -2.38. The number of phenols is 1. The summed E-state index contributed by atoms with van der Waals surface area (Å²) < 4.78 is 9.81. The second kappa shape index (κ2) is 9.86. The first kappa shape index (κ1) is 19.9. The minimum absolute atomic E-state index is 0.0590. The standard InChI is InChI=1S/C16H24N2O6/c1-18(2)14(16(21)22)8-11-4-5-12(19)9-13(11)15(20)17-6-7-24-10-23-3/h4-5,9,14,19H,6-8,10H2,1-3H3,(H,17,20)(H,21,22). The van der Waals surface area contributed by atoms with Gasteiger partial charge in [-0.1, -0.05) is 6.07 Å². The lowest BCUT2D eigenvalue weighted by Gasteiger charge is -2.21. The van der Waals surface area contributed by atoms with Crippen LogP contribution in [0.4, 0.5) is 0 Å². The highest BCUT2D eigenvalue weighted by molar-refractivity contribution is 5.96. The van der Waals surface area contributed by atoms with Crippen molar-refractivity contribution >= 4 is 11.9 Å². The van der Waals surface area contributed by atoms with E-state index in [-0.39, 0.29) is 37.7 Å². The number of likely N-dealkylation sites (N-methyl/N-ethyl adjacent to an activating group) is 1. The van der Waals surface area contributed by atoms with Gasteiger partial charge in [0, 0.05) is 19.2 Å². The van der Waals surface area contributed by atoms with E-state index in [0.717, 1.165) is 0 Å². The second-order valence-corrected chi connectivity index (χ2v) is 5.43. The van der Waals surface area contributed by atoms with E-state index in [2.05, 4.69) is 5.32 Å². The van der Waals surface area contributed by atoms with Crippen molar-refractivity contribution in [2.75, 3.05) is 41.1 Å². The molecule has 134 valence electrons. The molecule has 0 spiro atoms. The highest BCUT2D eigenvalue weighted by Gasteiger charge is 2.23. The Morgan fingerprint density at radius 1 is 1.33 bits per heavy atom. The van der Waals surface area contributed by atoms with E-state index >= 15 is 0 Å². The minimum atomic E-state index is -0.979. The topological polar surface area (TPSA) is 108 Å². The van der Waals surface area contributed by atoms with Gasteiger partial charge in [-0.2, -0.15) is 0 Å². The molecule has 8 heteroatoms. The van der Waals surface area contributed by atoms with Crippen LogP contribution in [0.15, 0.2) is 18.2 Å². The maximum Gasteiger partial charge on any atom is 0.321 e. The monoisotopic (exact) mass is 340 g/mol. The van der Waals surface area contributed by atoms with Crippen LogP contribution < -0.4 is 5.32 Å². The Morgan fingerprint density at radius 3 is 2.62 bits per heavy atom. The number of carboxylic acids is 1. The van der Waals surface area contributed by atoms with E-state index in [1.165, 1.54) is 19.2 Å². The molecule has 0 bridgehead atoms. The fourth-order valence-electron chi connectivity index (χ4n) is 2.13. The Balaban J connectivity index is 2.83. The van der Waals surface area contributed by atoms with E-state index in [1.807, 2.05) is 0 Å². The SMILES string of the molecule is COCOCCNC(=O)c1cc(O)ccc1CC(C(=O)O)N(C)C. The summed E-state index contributed by atoms with van der Waals surface area (Å²) in [7, 11) is 4.82. The van der Waals surface area contributed by atoms with Crippen LogP contribution in [0.2, 0.25) is 0 Å². The summed E-state index contributed by atoms with van der Waals surface area (Å²) in [5.41, 5.74) is 0.791. The van der Waals surface area contributed by atoms with Crippen LogP contribution in [0.25, 0.3) is 0 Å². The van der Waals surface area contributed by atoms with Crippen molar-refractivity contribution in [3.8, 4) is 5.75 Å². The van der Waals surface area contributed by atoms with Crippen LogP contribution in [-0.4, -0.2) is 74.2 Å². The molecule has 1 aromatic carbocycles. The van der Waals surface area contributed by atoms with E-state index in [0.29, 0.717) is 5.56 Å². The molecule has 0 fully saturated rings. The molecular formula is C16H24N2O6. The number of aliphatic carboxylic acids is 1. The van der Waals surface area contributed by atoms with Gasteiger partial charge in [0.25, 0.3) is 5.91 Å². The van der Waals surface area contributed by atoms with Crippen LogP contribution in [0.3, 0.4) is 0 Å². The average molecular weight is 340 g/mol. The normalized spacial score (nSPS) is 12.2. The highest BCUT2D eigenvalue weighted by atomic mass is 16.7. The molecular weight excluding hydrogens is 316 g/mol. The number of nitrogens with zero attached hydrogens (tertiary/aromatic N) is 1. The number of carbonyl (C=O) groups is 2. The van der Waals surface area contributed by atoms with Gasteiger partial charge in [0.15, 0.2) is 0 Å². The van der Waals surface area contributed by atoms with Crippen molar-refractivity contribution in [1.29, 1.82) is 0 Å². The molecule has 0 saturated heterocycles. The van der Waals surface area contributed by atoms with E-state index in [4.69, 9.17) is 9.47 Å². The molecule has 0 heterocycles. The Morgan fingerprint density at radius 2 is 2.04 bits per heavy atom. The van der Waals surface area contributed by atoms with Gasteiger partial charge in [0.05, 0.1) is 6.61 Å². The number of carbonyl (C=O) groups excluding carboxylic acids is 1. The minimum Gasteiger partial charge on any atom is -0.508 e. The Kier molecular flexibility index (Phi) is 8.17. The lowest BCUT2D eigenvalue weighted by molar-refractivity contribution is -0.142. The molecule has 0 aliphatic heterocycles. The number of amides is 1. The number of hydrogen-bond donors (Lipinski definition) is 3. The fraction of sp³-hybridized carbons (Fsp3) is 0.500. The third-order valence-electron chi connectivity index (χ3n) is 3.39. The maximum atomic E-state index is 12.3. The first-order valence-corrected chi connectivity index (χ1v) is 7.42. The number of methoxy groups -OCH3 is 1. The van der Waals surface area contributed by atoms with Gasteiger partial charge in [-0.25, -0.2) is 0 Å². The van der Waals surface area contributed by atoms with Crippen molar-refractivity contribution in [3.63, 3.8) is 0 Å². The van der Waals surface area contributed by atoms with Gasteiger partial charge >= 0.3 is 5.97 Å². The number of phenolic OH excluding ortho intramolecular Hbond substituents is 1. The average Bonchev–Trinajstić information content (AvgIpc) is 2.52. The molecule has 3 N–H and O–H groups in total. The summed E-state index contributed by atoms with van der Waals surface area (Å²) in [6.45, 7) is 0.687. The van der Waals surface area contributed by atoms with E-state index < -0.39 is 17.9 Å². The lowest BCUT2D eigenvalue weighted by atomic mass is 9.98. The number of nitrogens with one attached hydrogen (secondary N) is 1. The fourth-order valence-corrected chi connectivity index (χ4v) is 2.13. The van der Waals surface area contributed by atoms with Crippen LogP contribution in [-0.2, 0) is 20.7 Å². The van der Waals surface area contributed by atoms with Crippen molar-refractivity contribution in [3.05, 3.63) is 29.3 Å². The zero-order valence-electron chi connectivity index (χ0n) is 14.1. The predicted octanol–water partition coefficient (Wildman–Crippen LogP) is 0.300. The zero-order chi connectivity index (χ0) is 18.1. The van der Waals surface area contributed by atoms with Gasteiger partial charge < -0.3 is 25.0 Å². The number of aromatic hydroxyl groups is 1. The molecule has 0 aliphatic carbocycles. The molecule has 0 radical (unpaired) electrons. The van der Waals surface area contributed by atoms with E-state index in [1.54, 1.807) is 25.1 Å². The van der Waals surface area contributed by atoms with Crippen LogP contribution in [0, 0.1) is 0 Å². The molecule has 24 heavy (non-hydrogen) atoms. The first-order valence-electron chi connectivity index (χ1n) is 7.42. The number of carboxylic acid groups (broad SMARTS) is 1. The quantitative estimate of drug-likeness (QED) is 0.415. The number of benzene rings is 1. The van der Waals surface area contributed by atoms with Crippen molar-refractivity contribution in [2.24, 2.45) is 0 Å². The van der Waals surface area contributed by atoms with Crippen molar-refractivity contribution in [2.45, 2.75) is 12.5 Å². The highest BCUT2D eigenvalue weighted by Crippen LogP contribution is 2.19. The number of hydrogen-bond acceptors (Lipinski definition) is 6. The Bertz CT molecular complexity index is 561. The molecule has 1 rings (SSSR count). The van der Waals surface area contributed by atoms with Crippen molar-refractivity contribution < 1.29 is 29.3 Å². The molecule has 0 saturated carbocycles. The Labute approximate surface area is 141 Å². The third-order valence-corrected chi connectivity index (χ3v) is 3.39. The molecule has 1 unspecified atom stereocenters. The third kappa shape index (κ3) is 6.15. The molecule has 1 aromatic rings. The number of ether oxygens (including phenoxy) is 2. The Hall–Kier alpha value is -2.16. The van der Waals surface area contributed by atoms with Gasteiger partial charge in [-0.15, -0.1) is 0 Å². The van der Waals surface area contributed by atoms with Gasteiger partial charge in [-0.3, -0.25) is 14.5 Å². The first-order chi connectivity index (χ1) is 11.4. The smallest absolute Gasteiger partial charge is 0.321 e. The molecule has 1 atom stereocenters. The summed E-state index contributed by atoms with van der Waals surface area (Å²) in [4.78, 5) is 25.2. The van der Waals surface area contributed by atoms with Crippen LogP contribution in [0.1, 0.15) is 15.9 Å². The van der Waals surface area contributed by atoms with Crippen LogP contribution >= 0.6 is 0 Å². The summed E-state index contributed by atoms with van der Waals surface area (Å²) in [6.07, 6.45) is 0.144. The van der Waals surface area contributed by atoms with Gasteiger partial charge in [0.2, 0.25) is 0 Å². The van der Waals surface area contributed by atoms with Gasteiger partial charge in [0.1, 0.15) is 18.6 Å². The molecule has 8 nitrogen and oxygen atoms in total. The molecule has 0 aromatic heterocycles. The van der Waals surface area contributed by atoms with E-state index in [9.17, 15) is 19.8 Å². The zero-order valence-corrected chi connectivity index (χ0v) is 14.1. The summed E-state index contributed by atoms with van der Waals surface area (Å²) in [5, 5.41) is 21.6. The largest absolute Gasteiger partial charge is 0.508 e. The van der Waals surface area contributed by atoms with Crippen LogP contribution in [0.5, 0.6) is 5.75 Å². The second-order valence-electron chi connectivity index (χ2n) is 5.43. The molecule has 1 amide bonds. The predicted molar refractivity (Wildman–Crippen MR) is 87.1 cm³/mol. The summed E-state index contributed by atoms with van der Waals surface area (Å²) in [6, 6.07) is 3.55. The maximum absolute atomic E-state index is 12.3. The van der Waals surface area contributed by atoms with Crippen molar-refractivity contribution in [1.82, 2.24) is 10.2 Å². The number of rotatable bonds is 10. The summed E-state index contributed by atoms with van der Waals surface area (Å²) in [5.74, 6) is -1.44. The van der Waals surface area contributed by atoms with Gasteiger partial charge in [-0.05, 0) is 38.2 Å². The summed E-state index contributed by atoms with van der Waals surface area (Å²) >= 11 is 0.